The number of hydrogen-bond donors (Lipinski definition) is 1. The zero-order valence-electron chi connectivity index (χ0n) is 11.4. The van der Waals surface area contributed by atoms with Gasteiger partial charge in [0.25, 0.3) is 0 Å². The maximum Gasteiger partial charge on any atom is 0.147 e. The summed E-state index contributed by atoms with van der Waals surface area (Å²) in [6.07, 6.45) is 8.30. The minimum Gasteiger partial charge on any atom is -0.317 e. The van der Waals surface area contributed by atoms with Crippen molar-refractivity contribution in [1.82, 2.24) is 5.32 Å². The van der Waals surface area contributed by atoms with Gasteiger partial charge in [-0.05, 0) is 51.0 Å². The molecule has 0 amide bonds. The van der Waals surface area contributed by atoms with Crippen LogP contribution in [0.2, 0.25) is 0 Å². The molecule has 1 aliphatic carbocycles. The van der Waals surface area contributed by atoms with E-state index in [2.05, 4.69) is 12.2 Å². The number of rotatable bonds is 6. The van der Waals surface area contributed by atoms with Crippen LogP contribution in [0.5, 0.6) is 0 Å². The Morgan fingerprint density at radius 3 is 2.53 bits per heavy atom. The normalized spacial score (nSPS) is 30.4. The number of nitrogens with one attached hydrogen (secondary N) is 1. The van der Waals surface area contributed by atoms with Crippen molar-refractivity contribution < 1.29 is 8.42 Å². The van der Waals surface area contributed by atoms with Crippen LogP contribution in [0.4, 0.5) is 0 Å². The predicted octanol–water partition coefficient (Wildman–Crippen LogP) is 2.23. The summed E-state index contributed by atoms with van der Waals surface area (Å²) >= 11 is 0. The Balaban J connectivity index is 2.41. The van der Waals surface area contributed by atoms with Gasteiger partial charge in [-0.1, -0.05) is 13.3 Å². The quantitative estimate of drug-likeness (QED) is 0.797. The summed E-state index contributed by atoms with van der Waals surface area (Å²) in [4.78, 5) is 0. The molecular formula is C13H27NO2S. The van der Waals surface area contributed by atoms with E-state index in [9.17, 15) is 8.42 Å². The second-order valence-electron chi connectivity index (χ2n) is 5.51. The van der Waals surface area contributed by atoms with Gasteiger partial charge in [0.2, 0.25) is 0 Å². The van der Waals surface area contributed by atoms with Crippen molar-refractivity contribution in [3.63, 3.8) is 0 Å². The monoisotopic (exact) mass is 261 g/mol. The SMILES string of the molecule is CCC1CCC(NC)C(CCCS(C)(=O)=O)C1. The molecule has 1 rings (SSSR count). The lowest BCUT2D eigenvalue weighted by Gasteiger charge is -2.36. The van der Waals surface area contributed by atoms with Crippen molar-refractivity contribution in [3.8, 4) is 0 Å². The van der Waals surface area contributed by atoms with E-state index in [0.717, 1.165) is 18.8 Å². The highest BCUT2D eigenvalue weighted by Gasteiger charge is 2.28. The molecule has 102 valence electrons. The van der Waals surface area contributed by atoms with Gasteiger partial charge in [-0.15, -0.1) is 0 Å². The molecular weight excluding hydrogens is 234 g/mol. The molecule has 3 unspecified atom stereocenters. The van der Waals surface area contributed by atoms with Crippen molar-refractivity contribution in [2.45, 2.75) is 51.5 Å². The van der Waals surface area contributed by atoms with E-state index in [1.165, 1.54) is 31.9 Å². The van der Waals surface area contributed by atoms with Gasteiger partial charge in [0.05, 0.1) is 0 Å². The third-order valence-corrected chi connectivity index (χ3v) is 5.16. The second kappa shape index (κ2) is 6.74. The molecule has 0 aromatic heterocycles. The summed E-state index contributed by atoms with van der Waals surface area (Å²) < 4.78 is 22.3. The maximum absolute atomic E-state index is 11.1. The van der Waals surface area contributed by atoms with Gasteiger partial charge in [0.15, 0.2) is 0 Å². The molecule has 1 aliphatic rings. The van der Waals surface area contributed by atoms with Crippen LogP contribution in [-0.2, 0) is 9.84 Å². The molecule has 0 aromatic carbocycles. The van der Waals surface area contributed by atoms with Gasteiger partial charge in [0, 0.05) is 18.1 Å². The molecule has 1 saturated carbocycles. The van der Waals surface area contributed by atoms with Crippen LogP contribution < -0.4 is 5.32 Å². The molecule has 0 bridgehead atoms. The summed E-state index contributed by atoms with van der Waals surface area (Å²) in [5, 5.41) is 3.40. The Bertz CT molecular complexity index is 313. The van der Waals surface area contributed by atoms with Crippen molar-refractivity contribution in [3.05, 3.63) is 0 Å². The Morgan fingerprint density at radius 1 is 1.29 bits per heavy atom. The molecule has 17 heavy (non-hydrogen) atoms. The van der Waals surface area contributed by atoms with Crippen molar-refractivity contribution in [2.75, 3.05) is 19.1 Å². The molecule has 0 spiro atoms. The highest BCUT2D eigenvalue weighted by molar-refractivity contribution is 7.90. The minimum absolute atomic E-state index is 0.344. The van der Waals surface area contributed by atoms with Crippen LogP contribution in [-0.4, -0.2) is 33.5 Å². The molecule has 3 atom stereocenters. The average Bonchev–Trinajstić information content (AvgIpc) is 2.27. The van der Waals surface area contributed by atoms with Gasteiger partial charge in [-0.3, -0.25) is 0 Å². The van der Waals surface area contributed by atoms with Crippen LogP contribution in [0.25, 0.3) is 0 Å². The van der Waals surface area contributed by atoms with Crippen LogP contribution in [0.3, 0.4) is 0 Å². The van der Waals surface area contributed by atoms with E-state index in [1.54, 1.807) is 0 Å². The van der Waals surface area contributed by atoms with Gasteiger partial charge in [-0.25, -0.2) is 8.42 Å². The van der Waals surface area contributed by atoms with Gasteiger partial charge >= 0.3 is 0 Å². The summed E-state index contributed by atoms with van der Waals surface area (Å²) in [5.74, 6) is 1.86. The van der Waals surface area contributed by atoms with Crippen molar-refractivity contribution in [1.29, 1.82) is 0 Å². The highest BCUT2D eigenvalue weighted by atomic mass is 32.2. The van der Waals surface area contributed by atoms with Crippen LogP contribution in [0.1, 0.15) is 45.4 Å². The van der Waals surface area contributed by atoms with E-state index in [1.807, 2.05) is 7.05 Å². The minimum atomic E-state index is -2.79. The zero-order valence-corrected chi connectivity index (χ0v) is 12.2. The molecule has 0 aromatic rings. The molecule has 1 fully saturated rings. The first-order chi connectivity index (χ1) is 7.96. The fourth-order valence-electron chi connectivity index (χ4n) is 3.04. The fraction of sp³-hybridized carbons (Fsp3) is 1.00. The van der Waals surface area contributed by atoms with Crippen LogP contribution in [0, 0.1) is 11.8 Å². The lowest BCUT2D eigenvalue weighted by molar-refractivity contribution is 0.195. The smallest absolute Gasteiger partial charge is 0.147 e. The van der Waals surface area contributed by atoms with Crippen molar-refractivity contribution in [2.24, 2.45) is 11.8 Å². The van der Waals surface area contributed by atoms with Crippen LogP contribution in [0.15, 0.2) is 0 Å². The Morgan fingerprint density at radius 2 is 2.00 bits per heavy atom. The standard InChI is InChI=1S/C13H27NO2S/c1-4-11-7-8-13(14-2)12(10-11)6-5-9-17(3,15)16/h11-14H,4-10H2,1-3H3. The third kappa shape index (κ3) is 5.38. The number of hydrogen-bond acceptors (Lipinski definition) is 3. The van der Waals surface area contributed by atoms with E-state index in [4.69, 9.17) is 0 Å². The van der Waals surface area contributed by atoms with E-state index in [0.29, 0.717) is 17.7 Å². The summed E-state index contributed by atoms with van der Waals surface area (Å²) in [7, 11) is -0.760. The Labute approximate surface area is 106 Å². The van der Waals surface area contributed by atoms with E-state index >= 15 is 0 Å². The maximum atomic E-state index is 11.1. The van der Waals surface area contributed by atoms with Gasteiger partial charge in [-0.2, -0.15) is 0 Å². The van der Waals surface area contributed by atoms with Crippen molar-refractivity contribution >= 4 is 9.84 Å². The first-order valence-corrected chi connectivity index (χ1v) is 8.87. The third-order valence-electron chi connectivity index (χ3n) is 4.13. The highest BCUT2D eigenvalue weighted by Crippen LogP contribution is 2.33. The van der Waals surface area contributed by atoms with E-state index in [-0.39, 0.29) is 0 Å². The zero-order chi connectivity index (χ0) is 12.9. The van der Waals surface area contributed by atoms with Gasteiger partial charge < -0.3 is 5.32 Å². The molecule has 0 heterocycles. The summed E-state index contributed by atoms with van der Waals surface area (Å²) in [6.45, 7) is 2.26. The number of sulfone groups is 1. The van der Waals surface area contributed by atoms with Gasteiger partial charge in [0.1, 0.15) is 9.84 Å². The molecule has 0 saturated heterocycles. The Kier molecular flexibility index (Phi) is 5.93. The summed E-state index contributed by atoms with van der Waals surface area (Å²) in [5.41, 5.74) is 0. The molecule has 4 heteroatoms. The first kappa shape index (κ1) is 15.0. The Hall–Kier alpha value is -0.0900. The largest absolute Gasteiger partial charge is 0.317 e. The second-order valence-corrected chi connectivity index (χ2v) is 7.77. The molecule has 1 N–H and O–H groups in total. The molecule has 3 nitrogen and oxygen atoms in total. The fourth-order valence-corrected chi connectivity index (χ4v) is 3.73. The lowest BCUT2D eigenvalue weighted by Crippen LogP contribution is -2.38. The molecule has 0 radical (unpaired) electrons. The summed E-state index contributed by atoms with van der Waals surface area (Å²) in [6, 6.07) is 0.595. The average molecular weight is 261 g/mol. The first-order valence-electron chi connectivity index (χ1n) is 6.81. The van der Waals surface area contributed by atoms with E-state index < -0.39 is 9.84 Å². The van der Waals surface area contributed by atoms with Crippen LogP contribution >= 0.6 is 0 Å². The predicted molar refractivity (Wildman–Crippen MR) is 72.9 cm³/mol. The lowest BCUT2D eigenvalue weighted by atomic mass is 9.75. The topological polar surface area (TPSA) is 46.2 Å². The molecule has 0 aliphatic heterocycles.